The van der Waals surface area contributed by atoms with Crippen molar-refractivity contribution >= 4 is 23.2 Å². The van der Waals surface area contributed by atoms with Crippen molar-refractivity contribution in [3.63, 3.8) is 0 Å². The Labute approximate surface area is 156 Å². The maximum absolute atomic E-state index is 11.4. The second kappa shape index (κ2) is 7.38. The monoisotopic (exact) mass is 387 g/mol. The van der Waals surface area contributed by atoms with E-state index in [0.717, 1.165) is 0 Å². The summed E-state index contributed by atoms with van der Waals surface area (Å²) in [4.78, 5) is 38.9. The van der Waals surface area contributed by atoms with Crippen LogP contribution in [0.1, 0.15) is 23.0 Å². The summed E-state index contributed by atoms with van der Waals surface area (Å²) in [5.74, 6) is 1.89. The molecule has 0 bridgehead atoms. The van der Waals surface area contributed by atoms with Crippen LogP contribution in [0.25, 0.3) is 11.6 Å². The van der Waals surface area contributed by atoms with Crippen molar-refractivity contribution in [3.8, 4) is 6.07 Å². The Balaban J connectivity index is 0.000000156. The molecule has 0 atom stereocenters. The van der Waals surface area contributed by atoms with Gasteiger partial charge < -0.3 is 0 Å². The zero-order valence-corrected chi connectivity index (χ0v) is 15.1. The normalized spacial score (nSPS) is 10.6. The van der Waals surface area contributed by atoms with Crippen molar-refractivity contribution in [1.29, 1.82) is 5.26 Å². The highest BCUT2D eigenvalue weighted by Crippen LogP contribution is 1.99. The molecule has 4 aromatic rings. The molecule has 0 amide bonds. The number of aromatic nitrogens is 8. The number of rotatable bonds is 2. The SMILES string of the molecule is Cc1cc(=O)n2[nH]c(CC#N)nc2n1.Cc1cc(=O)n2[nH]c(CCl)nc2n1. The number of alkyl halides is 1. The standard InChI is InChI=1S/C8H7N5O.C7H7ClN4O/c1-5-4-7(14)13-8(10-5)11-6(12-13)2-3-9;1-4-2-6(13)12-7(9-4)10-5(3-8)11-12/h4H,2H2,1H3,(H,10,11,12);2H,3H2,1H3,(H,9,10,11). The van der Waals surface area contributed by atoms with E-state index in [1.165, 1.54) is 21.2 Å². The van der Waals surface area contributed by atoms with Crippen molar-refractivity contribution < 1.29 is 0 Å². The van der Waals surface area contributed by atoms with Gasteiger partial charge in [-0.15, -0.1) is 11.6 Å². The van der Waals surface area contributed by atoms with Crippen LogP contribution < -0.4 is 11.1 Å². The van der Waals surface area contributed by atoms with Gasteiger partial charge in [-0.1, -0.05) is 0 Å². The van der Waals surface area contributed by atoms with Crippen molar-refractivity contribution in [1.82, 2.24) is 39.2 Å². The van der Waals surface area contributed by atoms with Gasteiger partial charge in [0.15, 0.2) is 0 Å². The zero-order chi connectivity index (χ0) is 19.6. The summed E-state index contributed by atoms with van der Waals surface area (Å²) < 4.78 is 2.49. The number of halogens is 1. The summed E-state index contributed by atoms with van der Waals surface area (Å²) in [6.07, 6.45) is 0.141. The third-order valence-electron chi connectivity index (χ3n) is 3.38. The van der Waals surface area contributed by atoms with E-state index in [1.807, 2.05) is 6.07 Å². The molecule has 0 fully saturated rings. The van der Waals surface area contributed by atoms with Gasteiger partial charge in [-0.05, 0) is 13.8 Å². The quantitative estimate of drug-likeness (QED) is 0.468. The Morgan fingerprint density at radius 1 is 0.963 bits per heavy atom. The minimum absolute atomic E-state index is 0.141. The third-order valence-corrected chi connectivity index (χ3v) is 3.64. The highest BCUT2D eigenvalue weighted by molar-refractivity contribution is 6.16. The van der Waals surface area contributed by atoms with Gasteiger partial charge in [0.05, 0.1) is 18.4 Å². The minimum Gasteiger partial charge on any atom is -0.274 e. The number of H-pyrrole nitrogens is 2. The van der Waals surface area contributed by atoms with E-state index in [1.54, 1.807) is 13.8 Å². The molecule has 11 nitrogen and oxygen atoms in total. The van der Waals surface area contributed by atoms with Crippen molar-refractivity contribution in [3.05, 3.63) is 55.9 Å². The Morgan fingerprint density at radius 2 is 1.44 bits per heavy atom. The molecule has 138 valence electrons. The van der Waals surface area contributed by atoms with Crippen LogP contribution in [-0.2, 0) is 12.3 Å². The first kappa shape index (κ1) is 18.3. The average molecular weight is 388 g/mol. The fraction of sp³-hybridized carbons (Fsp3) is 0.267. The van der Waals surface area contributed by atoms with Crippen LogP contribution >= 0.6 is 11.6 Å². The molecule has 0 aliphatic heterocycles. The van der Waals surface area contributed by atoms with Gasteiger partial charge in [-0.2, -0.15) is 24.3 Å². The summed E-state index contributed by atoms with van der Waals surface area (Å²) in [6, 6.07) is 4.78. The summed E-state index contributed by atoms with van der Waals surface area (Å²) >= 11 is 5.55. The summed E-state index contributed by atoms with van der Waals surface area (Å²) in [5.41, 5.74) is 0.873. The number of hydrogen-bond acceptors (Lipinski definition) is 7. The molecule has 0 saturated carbocycles. The van der Waals surface area contributed by atoms with E-state index in [2.05, 4.69) is 30.1 Å². The third kappa shape index (κ3) is 3.85. The van der Waals surface area contributed by atoms with Crippen LogP contribution in [0.4, 0.5) is 0 Å². The van der Waals surface area contributed by atoms with Gasteiger partial charge in [0, 0.05) is 23.5 Å². The van der Waals surface area contributed by atoms with Crippen LogP contribution in [-0.4, -0.2) is 39.2 Å². The van der Waals surface area contributed by atoms with Gasteiger partial charge in [-0.3, -0.25) is 19.8 Å². The van der Waals surface area contributed by atoms with Gasteiger partial charge >= 0.3 is 0 Å². The van der Waals surface area contributed by atoms with Gasteiger partial charge in [-0.25, -0.2) is 9.97 Å². The maximum Gasteiger partial charge on any atom is 0.274 e. The molecular weight excluding hydrogens is 374 g/mol. The first-order chi connectivity index (χ1) is 12.9. The molecule has 4 aromatic heterocycles. The van der Waals surface area contributed by atoms with Crippen LogP contribution in [0.5, 0.6) is 0 Å². The second-order valence-electron chi connectivity index (χ2n) is 5.55. The van der Waals surface area contributed by atoms with E-state index in [9.17, 15) is 9.59 Å². The van der Waals surface area contributed by atoms with Gasteiger partial charge in [0.1, 0.15) is 11.6 Å². The molecule has 0 unspecified atom stereocenters. The molecule has 0 aliphatic carbocycles. The molecule has 4 heterocycles. The Morgan fingerprint density at radius 3 is 1.93 bits per heavy atom. The molecule has 0 radical (unpaired) electrons. The van der Waals surface area contributed by atoms with E-state index in [4.69, 9.17) is 16.9 Å². The number of nitrogens with zero attached hydrogens (tertiary/aromatic N) is 7. The molecule has 0 aromatic carbocycles. The van der Waals surface area contributed by atoms with Crippen molar-refractivity contribution in [2.24, 2.45) is 0 Å². The predicted molar refractivity (Wildman–Crippen MR) is 95.6 cm³/mol. The highest BCUT2D eigenvalue weighted by Gasteiger charge is 2.05. The molecule has 2 N–H and O–H groups in total. The topological polar surface area (TPSA) is 150 Å². The molecule has 0 saturated heterocycles. The number of aryl methyl sites for hydroxylation is 2. The smallest absolute Gasteiger partial charge is 0.274 e. The van der Waals surface area contributed by atoms with E-state index in [0.29, 0.717) is 34.6 Å². The number of nitrogens with one attached hydrogen (secondary N) is 2. The van der Waals surface area contributed by atoms with Crippen LogP contribution in [0.15, 0.2) is 21.7 Å². The number of fused-ring (bicyclic) bond motifs is 2. The zero-order valence-electron chi connectivity index (χ0n) is 14.4. The van der Waals surface area contributed by atoms with Gasteiger partial charge in [0.25, 0.3) is 22.7 Å². The predicted octanol–water partition coefficient (Wildman–Crippen LogP) is 0.257. The van der Waals surface area contributed by atoms with Crippen LogP contribution in [0.2, 0.25) is 0 Å². The average Bonchev–Trinajstić information content (AvgIpc) is 3.19. The summed E-state index contributed by atoms with van der Waals surface area (Å²) in [5, 5.41) is 13.9. The first-order valence-corrected chi connectivity index (χ1v) is 8.28. The van der Waals surface area contributed by atoms with E-state index in [-0.39, 0.29) is 23.4 Å². The maximum atomic E-state index is 11.4. The first-order valence-electron chi connectivity index (χ1n) is 7.74. The highest BCUT2D eigenvalue weighted by atomic mass is 35.5. The number of hydrogen-bond donors (Lipinski definition) is 2. The molecule has 0 aliphatic rings. The summed E-state index contributed by atoms with van der Waals surface area (Å²) in [7, 11) is 0. The fourth-order valence-electron chi connectivity index (χ4n) is 2.29. The molecular formula is C15H14ClN9O2. The van der Waals surface area contributed by atoms with Crippen molar-refractivity contribution in [2.45, 2.75) is 26.1 Å². The van der Waals surface area contributed by atoms with E-state index >= 15 is 0 Å². The minimum atomic E-state index is -0.218. The number of nitriles is 1. The summed E-state index contributed by atoms with van der Waals surface area (Å²) in [6.45, 7) is 3.47. The Bertz CT molecular complexity index is 1270. The lowest BCUT2D eigenvalue weighted by Gasteiger charge is -1.90. The second-order valence-corrected chi connectivity index (χ2v) is 5.82. The molecule has 12 heteroatoms. The largest absolute Gasteiger partial charge is 0.274 e. The van der Waals surface area contributed by atoms with E-state index < -0.39 is 0 Å². The molecule has 4 rings (SSSR count). The van der Waals surface area contributed by atoms with Crippen LogP contribution in [0.3, 0.4) is 0 Å². The van der Waals surface area contributed by atoms with Gasteiger partial charge in [0.2, 0.25) is 0 Å². The fourth-order valence-corrected chi connectivity index (χ4v) is 2.41. The number of aromatic amines is 2. The Hall–Kier alpha value is -3.52. The lowest BCUT2D eigenvalue weighted by atomic mass is 10.4. The molecule has 0 spiro atoms. The van der Waals surface area contributed by atoms with Crippen LogP contribution in [0, 0.1) is 25.2 Å². The van der Waals surface area contributed by atoms with Crippen molar-refractivity contribution in [2.75, 3.05) is 0 Å². The lowest BCUT2D eigenvalue weighted by Crippen LogP contribution is -2.14. The Kier molecular flexibility index (Phi) is 5.00. The molecule has 27 heavy (non-hydrogen) atoms. The lowest BCUT2D eigenvalue weighted by molar-refractivity contribution is 0.863.